The van der Waals surface area contributed by atoms with Crippen LogP contribution in [-0.2, 0) is 17.6 Å². The molecule has 0 aliphatic carbocycles. The van der Waals surface area contributed by atoms with Crippen molar-refractivity contribution < 1.29 is 14.3 Å². The van der Waals surface area contributed by atoms with Gasteiger partial charge in [0.05, 0.1) is 11.1 Å². The molecule has 0 aliphatic rings. The highest BCUT2D eigenvalue weighted by Crippen LogP contribution is 2.36. The van der Waals surface area contributed by atoms with Gasteiger partial charge in [-0.15, -0.1) is 12.6 Å². The first-order chi connectivity index (χ1) is 9.06. The van der Waals surface area contributed by atoms with E-state index in [4.69, 9.17) is 9.47 Å². The Bertz CT molecular complexity index is 460. The molecule has 0 aliphatic heterocycles. The molecule has 1 aromatic carbocycles. The van der Waals surface area contributed by atoms with Gasteiger partial charge in [0.15, 0.2) is 0 Å². The third kappa shape index (κ3) is 3.97. The summed E-state index contributed by atoms with van der Waals surface area (Å²) in [7, 11) is 1.63. The van der Waals surface area contributed by atoms with Crippen molar-refractivity contribution in [1.29, 1.82) is 0 Å². The molecular formula is C14H19BrO3S. The number of methoxy groups -OCH3 is 1. The van der Waals surface area contributed by atoms with Gasteiger partial charge in [-0.3, -0.25) is 4.79 Å². The molecular weight excluding hydrogens is 328 g/mol. The van der Waals surface area contributed by atoms with Crippen LogP contribution < -0.4 is 4.74 Å². The van der Waals surface area contributed by atoms with E-state index in [2.05, 4.69) is 42.4 Å². The van der Waals surface area contributed by atoms with E-state index in [0.29, 0.717) is 23.2 Å². The summed E-state index contributed by atoms with van der Waals surface area (Å²) < 4.78 is 11.4. The Balaban J connectivity index is 3.28. The monoisotopic (exact) mass is 346 g/mol. The van der Waals surface area contributed by atoms with Crippen LogP contribution in [0.2, 0.25) is 0 Å². The number of halogens is 1. The van der Waals surface area contributed by atoms with Gasteiger partial charge in [0.1, 0.15) is 12.4 Å². The Labute approximate surface area is 128 Å². The van der Waals surface area contributed by atoms with Crippen LogP contribution in [0.4, 0.5) is 0 Å². The standard InChI is InChI=1S/C14H19BrO3S/c1-4-9-8-11(14(16)19)12(15)13(10(9)5-2)18-7-6-17-3/h8H,4-7H2,1-3H3,(H,16,19). The fraction of sp³-hybridized carbons (Fsp3) is 0.500. The summed E-state index contributed by atoms with van der Waals surface area (Å²) in [6.45, 7) is 5.10. The number of carbonyl (C=O) groups excluding carboxylic acids is 1. The molecule has 0 N–H and O–H groups in total. The second-order valence-electron chi connectivity index (χ2n) is 4.06. The number of aryl methyl sites for hydroxylation is 1. The average Bonchev–Trinajstić information content (AvgIpc) is 2.39. The second kappa shape index (κ2) is 7.92. The Morgan fingerprint density at radius 1 is 1.32 bits per heavy atom. The van der Waals surface area contributed by atoms with Gasteiger partial charge in [0.25, 0.3) is 0 Å². The minimum absolute atomic E-state index is 0.263. The van der Waals surface area contributed by atoms with Crippen molar-refractivity contribution in [2.24, 2.45) is 0 Å². The Morgan fingerprint density at radius 2 is 2.00 bits per heavy atom. The average molecular weight is 347 g/mol. The maximum Gasteiger partial charge on any atom is 0.217 e. The maximum atomic E-state index is 11.6. The summed E-state index contributed by atoms with van der Waals surface area (Å²) in [5.41, 5.74) is 2.80. The quantitative estimate of drug-likeness (QED) is 0.604. The minimum atomic E-state index is -0.263. The third-order valence-corrected chi connectivity index (χ3v) is 3.94. The SMILES string of the molecule is CCc1cc(C(=O)S)c(Br)c(OCCOC)c1CC. The van der Waals surface area contributed by atoms with Crippen molar-refractivity contribution in [3.8, 4) is 5.75 Å². The fourth-order valence-corrected chi connectivity index (χ4v) is 2.94. The van der Waals surface area contributed by atoms with Crippen LogP contribution in [0.5, 0.6) is 5.75 Å². The highest BCUT2D eigenvalue weighted by atomic mass is 79.9. The molecule has 1 aromatic rings. The number of benzene rings is 1. The van der Waals surface area contributed by atoms with Gasteiger partial charge < -0.3 is 9.47 Å². The van der Waals surface area contributed by atoms with Crippen LogP contribution in [0.3, 0.4) is 0 Å². The van der Waals surface area contributed by atoms with Crippen LogP contribution in [0.15, 0.2) is 10.5 Å². The van der Waals surface area contributed by atoms with Crippen LogP contribution in [0.25, 0.3) is 0 Å². The van der Waals surface area contributed by atoms with Crippen molar-refractivity contribution >= 4 is 33.7 Å². The topological polar surface area (TPSA) is 35.5 Å². The molecule has 19 heavy (non-hydrogen) atoms. The van der Waals surface area contributed by atoms with E-state index in [-0.39, 0.29) is 5.12 Å². The molecule has 5 heteroatoms. The van der Waals surface area contributed by atoms with E-state index in [1.165, 1.54) is 0 Å². The lowest BCUT2D eigenvalue weighted by Crippen LogP contribution is -2.09. The molecule has 0 spiro atoms. The molecule has 0 amide bonds. The van der Waals surface area contributed by atoms with Gasteiger partial charge in [0.2, 0.25) is 5.12 Å². The lowest BCUT2D eigenvalue weighted by atomic mass is 9.99. The van der Waals surface area contributed by atoms with Crippen molar-refractivity contribution in [3.05, 3.63) is 27.2 Å². The summed E-state index contributed by atoms with van der Waals surface area (Å²) in [4.78, 5) is 11.6. The van der Waals surface area contributed by atoms with Crippen LogP contribution in [0.1, 0.15) is 35.3 Å². The van der Waals surface area contributed by atoms with E-state index < -0.39 is 0 Å². The predicted octanol–water partition coefficient (Wildman–Crippen LogP) is 3.67. The lowest BCUT2D eigenvalue weighted by Gasteiger charge is -2.17. The van der Waals surface area contributed by atoms with Crippen molar-refractivity contribution in [2.45, 2.75) is 26.7 Å². The first kappa shape index (κ1) is 16.5. The highest BCUT2D eigenvalue weighted by molar-refractivity contribution is 9.10. The maximum absolute atomic E-state index is 11.6. The fourth-order valence-electron chi connectivity index (χ4n) is 1.96. The lowest BCUT2D eigenvalue weighted by molar-refractivity contribution is 0.108. The number of hydrogen-bond acceptors (Lipinski definition) is 3. The predicted molar refractivity (Wildman–Crippen MR) is 83.6 cm³/mol. The van der Waals surface area contributed by atoms with Gasteiger partial charge in [-0.25, -0.2) is 0 Å². The number of carbonyl (C=O) groups is 1. The minimum Gasteiger partial charge on any atom is -0.490 e. The summed E-state index contributed by atoms with van der Waals surface area (Å²) in [5.74, 6) is 0.733. The van der Waals surface area contributed by atoms with Crippen LogP contribution in [0, 0.1) is 0 Å². The van der Waals surface area contributed by atoms with E-state index in [1.807, 2.05) is 6.07 Å². The van der Waals surface area contributed by atoms with Crippen molar-refractivity contribution in [1.82, 2.24) is 0 Å². The molecule has 0 unspecified atom stereocenters. The third-order valence-electron chi connectivity index (χ3n) is 2.91. The van der Waals surface area contributed by atoms with E-state index >= 15 is 0 Å². The highest BCUT2D eigenvalue weighted by Gasteiger charge is 2.18. The molecule has 106 valence electrons. The summed E-state index contributed by atoms with van der Waals surface area (Å²) in [6.07, 6.45) is 1.70. The second-order valence-corrected chi connectivity index (χ2v) is 5.26. The molecule has 1 rings (SSSR count). The van der Waals surface area contributed by atoms with Gasteiger partial charge >= 0.3 is 0 Å². The Morgan fingerprint density at radius 3 is 2.47 bits per heavy atom. The van der Waals surface area contributed by atoms with Gasteiger partial charge in [-0.2, -0.15) is 0 Å². The molecule has 3 nitrogen and oxygen atoms in total. The van der Waals surface area contributed by atoms with Gasteiger partial charge in [-0.1, -0.05) is 13.8 Å². The summed E-state index contributed by atoms with van der Waals surface area (Å²) >= 11 is 7.37. The number of thiol groups is 1. The molecule has 0 radical (unpaired) electrons. The Hall–Kier alpha value is -0.520. The molecule has 0 bridgehead atoms. The number of hydrogen-bond donors (Lipinski definition) is 1. The summed E-state index contributed by atoms with van der Waals surface area (Å²) in [5, 5.41) is -0.263. The largest absolute Gasteiger partial charge is 0.490 e. The van der Waals surface area contributed by atoms with E-state index in [1.54, 1.807) is 7.11 Å². The first-order valence-electron chi connectivity index (χ1n) is 6.26. The summed E-state index contributed by atoms with van der Waals surface area (Å²) in [6, 6.07) is 1.89. The Kier molecular flexibility index (Phi) is 6.89. The zero-order chi connectivity index (χ0) is 14.4. The molecule has 0 fully saturated rings. The number of rotatable bonds is 7. The normalized spacial score (nSPS) is 10.6. The van der Waals surface area contributed by atoms with E-state index in [0.717, 1.165) is 29.7 Å². The van der Waals surface area contributed by atoms with Gasteiger partial charge in [-0.05, 0) is 46.0 Å². The molecule has 0 saturated carbocycles. The zero-order valence-corrected chi connectivity index (χ0v) is 13.9. The van der Waals surface area contributed by atoms with Gasteiger partial charge in [0, 0.05) is 12.7 Å². The zero-order valence-electron chi connectivity index (χ0n) is 11.5. The van der Waals surface area contributed by atoms with Crippen LogP contribution >= 0.6 is 28.6 Å². The molecule has 0 saturated heterocycles. The molecule has 0 aromatic heterocycles. The van der Waals surface area contributed by atoms with Crippen molar-refractivity contribution in [2.75, 3.05) is 20.3 Å². The molecule has 0 heterocycles. The van der Waals surface area contributed by atoms with E-state index in [9.17, 15) is 4.79 Å². The molecule has 0 atom stereocenters. The smallest absolute Gasteiger partial charge is 0.217 e. The number of ether oxygens (including phenoxy) is 2. The van der Waals surface area contributed by atoms with Crippen LogP contribution in [-0.4, -0.2) is 25.4 Å². The first-order valence-corrected chi connectivity index (χ1v) is 7.50. The van der Waals surface area contributed by atoms with Crippen molar-refractivity contribution in [3.63, 3.8) is 0 Å².